The van der Waals surface area contributed by atoms with Gasteiger partial charge in [0.25, 0.3) is 0 Å². The van der Waals surface area contributed by atoms with E-state index >= 15 is 0 Å². The number of rotatable bonds is 5. The molecule has 0 saturated heterocycles. The number of hydrogen-bond donors (Lipinski definition) is 1. The van der Waals surface area contributed by atoms with Crippen LogP contribution < -0.4 is 4.74 Å². The summed E-state index contributed by atoms with van der Waals surface area (Å²) in [5.74, 6) is 0.378. The Bertz CT molecular complexity index is 958. The molecule has 3 heteroatoms. The van der Waals surface area contributed by atoms with Crippen LogP contribution in [0.4, 0.5) is 4.79 Å². The summed E-state index contributed by atoms with van der Waals surface area (Å²) >= 11 is 0. The van der Waals surface area contributed by atoms with Crippen LogP contribution in [-0.4, -0.2) is 11.3 Å². The molecule has 28 heavy (non-hydrogen) atoms. The third kappa shape index (κ3) is 3.65. The Morgan fingerprint density at radius 1 is 0.714 bits per heavy atom. The molecule has 0 aliphatic rings. The van der Waals surface area contributed by atoms with Crippen LogP contribution in [0.25, 0.3) is 0 Å². The van der Waals surface area contributed by atoms with Crippen LogP contribution in [0.1, 0.15) is 49.9 Å². The Balaban J connectivity index is 2.28. The van der Waals surface area contributed by atoms with E-state index in [4.69, 9.17) is 4.74 Å². The third-order valence-corrected chi connectivity index (χ3v) is 5.51. The fourth-order valence-corrected chi connectivity index (χ4v) is 3.89. The maximum atomic E-state index is 11.4. The van der Waals surface area contributed by atoms with Crippen LogP contribution in [0.2, 0.25) is 0 Å². The standard InChI is InChI=1S/C25H26O3/c1-24(2,18-12-7-5-8-13-18)20-16-11-17-21(28-23(26)27)22(20)25(3,4)19-14-9-6-10-15-19/h5-17H,1-4H3,(H,26,27). The minimum absolute atomic E-state index is 0.333. The molecule has 3 rings (SSSR count). The van der Waals surface area contributed by atoms with Gasteiger partial charge in [-0.15, -0.1) is 0 Å². The maximum absolute atomic E-state index is 11.4. The molecule has 0 aromatic heterocycles. The number of carboxylic acid groups (broad SMARTS) is 1. The fourth-order valence-electron chi connectivity index (χ4n) is 3.89. The number of hydrogen-bond acceptors (Lipinski definition) is 2. The fraction of sp³-hybridized carbons (Fsp3) is 0.240. The highest BCUT2D eigenvalue weighted by Crippen LogP contribution is 2.45. The predicted molar refractivity (Wildman–Crippen MR) is 112 cm³/mol. The van der Waals surface area contributed by atoms with Crippen molar-refractivity contribution in [3.05, 3.63) is 101 Å². The molecule has 0 spiro atoms. The Labute approximate surface area is 166 Å². The van der Waals surface area contributed by atoms with E-state index in [1.54, 1.807) is 6.07 Å². The van der Waals surface area contributed by atoms with E-state index in [9.17, 15) is 9.90 Å². The van der Waals surface area contributed by atoms with E-state index in [1.807, 2.05) is 42.5 Å². The molecule has 0 radical (unpaired) electrons. The molecule has 0 fully saturated rings. The number of carbonyl (C=O) groups is 1. The molecule has 3 nitrogen and oxygen atoms in total. The van der Waals surface area contributed by atoms with Crippen molar-refractivity contribution < 1.29 is 14.6 Å². The zero-order valence-electron chi connectivity index (χ0n) is 16.8. The Morgan fingerprint density at radius 3 is 1.71 bits per heavy atom. The van der Waals surface area contributed by atoms with Crippen molar-refractivity contribution in [2.45, 2.75) is 38.5 Å². The van der Waals surface area contributed by atoms with Crippen LogP contribution in [0.5, 0.6) is 5.75 Å². The van der Waals surface area contributed by atoms with Gasteiger partial charge in [0.15, 0.2) is 0 Å². The first-order valence-electron chi connectivity index (χ1n) is 9.40. The van der Waals surface area contributed by atoms with Gasteiger partial charge in [-0.05, 0) is 22.8 Å². The molecule has 3 aromatic carbocycles. The second-order valence-electron chi connectivity index (χ2n) is 8.03. The Hall–Kier alpha value is -3.07. The van der Waals surface area contributed by atoms with Gasteiger partial charge in [0.05, 0.1) is 0 Å². The van der Waals surface area contributed by atoms with Gasteiger partial charge in [0.1, 0.15) is 5.75 Å². The van der Waals surface area contributed by atoms with Gasteiger partial charge in [-0.1, -0.05) is 100 Å². The van der Waals surface area contributed by atoms with Crippen molar-refractivity contribution in [3.8, 4) is 5.75 Å². The van der Waals surface area contributed by atoms with Crippen molar-refractivity contribution in [1.29, 1.82) is 0 Å². The quantitative estimate of drug-likeness (QED) is 0.415. The predicted octanol–water partition coefficient (Wildman–Crippen LogP) is 6.40. The average Bonchev–Trinajstić information content (AvgIpc) is 2.68. The minimum Gasteiger partial charge on any atom is -0.449 e. The molecular weight excluding hydrogens is 348 g/mol. The molecular formula is C25H26O3. The lowest BCUT2D eigenvalue weighted by molar-refractivity contribution is 0.143. The van der Waals surface area contributed by atoms with Crippen molar-refractivity contribution >= 4 is 6.16 Å². The number of benzene rings is 3. The highest BCUT2D eigenvalue weighted by Gasteiger charge is 2.36. The molecule has 0 atom stereocenters. The van der Waals surface area contributed by atoms with Gasteiger partial charge in [0.2, 0.25) is 0 Å². The molecule has 1 N–H and O–H groups in total. The highest BCUT2D eigenvalue weighted by molar-refractivity contribution is 5.65. The monoisotopic (exact) mass is 374 g/mol. The largest absolute Gasteiger partial charge is 0.511 e. The zero-order chi connectivity index (χ0) is 20.4. The van der Waals surface area contributed by atoms with Crippen molar-refractivity contribution in [3.63, 3.8) is 0 Å². The molecule has 0 heterocycles. The second-order valence-corrected chi connectivity index (χ2v) is 8.03. The van der Waals surface area contributed by atoms with E-state index in [1.165, 1.54) is 0 Å². The van der Waals surface area contributed by atoms with Crippen LogP contribution in [-0.2, 0) is 10.8 Å². The normalized spacial score (nSPS) is 11.9. The SMILES string of the molecule is CC(C)(c1ccccc1)c1cccc(OC(=O)O)c1C(C)(C)c1ccccc1. The Morgan fingerprint density at radius 2 is 1.21 bits per heavy atom. The highest BCUT2D eigenvalue weighted by atomic mass is 16.7. The Kier molecular flexibility index (Phi) is 5.28. The van der Waals surface area contributed by atoms with Gasteiger partial charge >= 0.3 is 6.16 Å². The molecule has 3 aromatic rings. The van der Waals surface area contributed by atoms with E-state index in [-0.39, 0.29) is 5.41 Å². The lowest BCUT2D eigenvalue weighted by Gasteiger charge is -2.36. The lowest BCUT2D eigenvalue weighted by Crippen LogP contribution is -2.29. The van der Waals surface area contributed by atoms with Crippen LogP contribution in [0.15, 0.2) is 78.9 Å². The molecule has 0 aliphatic carbocycles. The van der Waals surface area contributed by atoms with Crippen molar-refractivity contribution in [2.24, 2.45) is 0 Å². The summed E-state index contributed by atoms with van der Waals surface area (Å²) in [5.41, 5.74) is 3.41. The molecule has 0 amide bonds. The van der Waals surface area contributed by atoms with Crippen LogP contribution >= 0.6 is 0 Å². The number of ether oxygens (including phenoxy) is 1. The summed E-state index contributed by atoms with van der Waals surface area (Å²) in [6.07, 6.45) is -1.31. The van der Waals surface area contributed by atoms with Crippen molar-refractivity contribution in [1.82, 2.24) is 0 Å². The average molecular weight is 374 g/mol. The molecule has 0 aliphatic heterocycles. The summed E-state index contributed by atoms with van der Waals surface area (Å²) in [6.45, 7) is 8.54. The lowest BCUT2D eigenvalue weighted by atomic mass is 9.68. The third-order valence-electron chi connectivity index (χ3n) is 5.51. The summed E-state index contributed by atoms with van der Waals surface area (Å²) in [6, 6.07) is 26.0. The van der Waals surface area contributed by atoms with E-state index in [2.05, 4.69) is 58.0 Å². The topological polar surface area (TPSA) is 46.5 Å². The molecule has 0 saturated carbocycles. The van der Waals surface area contributed by atoms with Crippen molar-refractivity contribution in [2.75, 3.05) is 0 Å². The van der Waals surface area contributed by atoms with E-state index in [0.29, 0.717) is 5.75 Å². The first-order chi connectivity index (χ1) is 13.2. The summed E-state index contributed by atoms with van der Waals surface area (Å²) < 4.78 is 5.24. The van der Waals surface area contributed by atoms with Gasteiger partial charge in [-0.3, -0.25) is 0 Å². The maximum Gasteiger partial charge on any atom is 0.511 e. The summed E-state index contributed by atoms with van der Waals surface area (Å²) in [5, 5.41) is 9.32. The van der Waals surface area contributed by atoms with Gasteiger partial charge in [0, 0.05) is 16.4 Å². The molecule has 0 bridgehead atoms. The first kappa shape index (κ1) is 19.7. The minimum atomic E-state index is -1.31. The van der Waals surface area contributed by atoms with Gasteiger partial charge in [-0.25, -0.2) is 4.79 Å². The van der Waals surface area contributed by atoms with E-state index in [0.717, 1.165) is 22.3 Å². The molecule has 0 unspecified atom stereocenters. The van der Waals surface area contributed by atoms with Gasteiger partial charge < -0.3 is 9.84 Å². The van der Waals surface area contributed by atoms with Crippen LogP contribution in [0.3, 0.4) is 0 Å². The van der Waals surface area contributed by atoms with E-state index < -0.39 is 11.6 Å². The smallest absolute Gasteiger partial charge is 0.449 e. The summed E-state index contributed by atoms with van der Waals surface area (Å²) in [4.78, 5) is 11.4. The zero-order valence-corrected chi connectivity index (χ0v) is 16.8. The van der Waals surface area contributed by atoms with Gasteiger partial charge in [-0.2, -0.15) is 0 Å². The first-order valence-corrected chi connectivity index (χ1v) is 9.40. The summed E-state index contributed by atoms with van der Waals surface area (Å²) in [7, 11) is 0. The molecule has 144 valence electrons. The van der Waals surface area contributed by atoms with Crippen LogP contribution in [0, 0.1) is 0 Å². The second kappa shape index (κ2) is 7.51.